The second-order valence-electron chi connectivity index (χ2n) is 4.84. The molecule has 2 rings (SSSR count). The van der Waals surface area contributed by atoms with E-state index in [0.717, 1.165) is 21.2 Å². The van der Waals surface area contributed by atoms with Crippen molar-refractivity contribution in [1.29, 1.82) is 0 Å². The zero-order valence-corrected chi connectivity index (χ0v) is 12.8. The van der Waals surface area contributed by atoms with Crippen LogP contribution in [0.4, 0.5) is 5.69 Å². The first-order valence-electron chi connectivity index (χ1n) is 6.07. The SMILES string of the molecule is Cc1cc(C)c(C(=O)c2ccc(N)c(Br)c2)c(C)c1. The van der Waals surface area contributed by atoms with Gasteiger partial charge >= 0.3 is 0 Å². The topological polar surface area (TPSA) is 43.1 Å². The lowest BCUT2D eigenvalue weighted by Gasteiger charge is -2.11. The standard InChI is InChI=1S/C16H16BrNO/c1-9-6-10(2)15(11(3)7-9)16(19)12-4-5-14(18)13(17)8-12/h4-8H,18H2,1-3H3. The number of nitrogen functional groups attached to an aromatic ring is 1. The Labute approximate surface area is 121 Å². The number of carbonyl (C=O) groups excluding carboxylic acids is 1. The molecule has 0 aromatic heterocycles. The smallest absolute Gasteiger partial charge is 0.193 e. The molecule has 3 heteroatoms. The molecule has 0 unspecified atom stereocenters. The maximum atomic E-state index is 12.6. The highest BCUT2D eigenvalue weighted by Crippen LogP contribution is 2.25. The van der Waals surface area contributed by atoms with Gasteiger partial charge in [0.2, 0.25) is 0 Å². The Balaban J connectivity index is 2.53. The predicted octanol–water partition coefficient (Wildman–Crippen LogP) is 4.19. The molecule has 0 bridgehead atoms. The van der Waals surface area contributed by atoms with E-state index in [1.54, 1.807) is 18.2 Å². The number of hydrogen-bond donors (Lipinski definition) is 1. The molecule has 19 heavy (non-hydrogen) atoms. The minimum Gasteiger partial charge on any atom is -0.398 e. The van der Waals surface area contributed by atoms with Crippen LogP contribution in [0.5, 0.6) is 0 Å². The Hall–Kier alpha value is -1.61. The summed E-state index contributed by atoms with van der Waals surface area (Å²) in [5, 5.41) is 0. The van der Waals surface area contributed by atoms with E-state index in [1.807, 2.05) is 32.9 Å². The van der Waals surface area contributed by atoms with Gasteiger partial charge in [-0.15, -0.1) is 0 Å². The van der Waals surface area contributed by atoms with Crippen LogP contribution in [0.15, 0.2) is 34.8 Å². The average molecular weight is 318 g/mol. The maximum Gasteiger partial charge on any atom is 0.193 e. The van der Waals surface area contributed by atoms with Gasteiger partial charge in [0, 0.05) is 21.3 Å². The molecule has 2 nitrogen and oxygen atoms in total. The molecule has 0 saturated heterocycles. The summed E-state index contributed by atoms with van der Waals surface area (Å²) in [7, 11) is 0. The van der Waals surface area contributed by atoms with Crippen molar-refractivity contribution in [2.24, 2.45) is 0 Å². The molecular formula is C16H16BrNO. The van der Waals surface area contributed by atoms with Gasteiger partial charge in [-0.3, -0.25) is 4.79 Å². The van der Waals surface area contributed by atoms with Crippen LogP contribution < -0.4 is 5.73 Å². The van der Waals surface area contributed by atoms with E-state index in [-0.39, 0.29) is 5.78 Å². The molecule has 0 aliphatic rings. The fraction of sp³-hybridized carbons (Fsp3) is 0.188. The molecule has 0 spiro atoms. The normalized spacial score (nSPS) is 10.5. The number of benzene rings is 2. The molecule has 2 aromatic carbocycles. The number of halogens is 1. The summed E-state index contributed by atoms with van der Waals surface area (Å²) in [4.78, 5) is 12.6. The number of aryl methyl sites for hydroxylation is 3. The molecule has 0 saturated carbocycles. The van der Waals surface area contributed by atoms with Crippen molar-refractivity contribution >= 4 is 27.4 Å². The Kier molecular flexibility index (Phi) is 3.76. The van der Waals surface area contributed by atoms with E-state index in [1.165, 1.54) is 5.56 Å². The summed E-state index contributed by atoms with van der Waals surface area (Å²) < 4.78 is 0.751. The van der Waals surface area contributed by atoms with Crippen LogP contribution in [-0.4, -0.2) is 5.78 Å². The van der Waals surface area contributed by atoms with Crippen molar-refractivity contribution in [2.45, 2.75) is 20.8 Å². The lowest BCUT2D eigenvalue weighted by molar-refractivity contribution is 0.103. The van der Waals surface area contributed by atoms with Crippen LogP contribution in [0.2, 0.25) is 0 Å². The summed E-state index contributed by atoms with van der Waals surface area (Å²) in [5.41, 5.74) is 11.0. The molecule has 0 amide bonds. The minimum atomic E-state index is 0.0377. The third kappa shape index (κ3) is 2.71. The number of carbonyl (C=O) groups is 1. The van der Waals surface area contributed by atoms with Crippen molar-refractivity contribution in [1.82, 2.24) is 0 Å². The predicted molar refractivity (Wildman–Crippen MR) is 82.6 cm³/mol. The van der Waals surface area contributed by atoms with E-state index < -0.39 is 0 Å². The van der Waals surface area contributed by atoms with Gasteiger partial charge in [0.1, 0.15) is 0 Å². The number of nitrogens with two attached hydrogens (primary N) is 1. The van der Waals surface area contributed by atoms with Gasteiger partial charge in [-0.1, -0.05) is 17.7 Å². The van der Waals surface area contributed by atoms with Crippen LogP contribution >= 0.6 is 15.9 Å². The second kappa shape index (κ2) is 5.17. The fourth-order valence-electron chi connectivity index (χ4n) is 2.35. The molecule has 2 N–H and O–H groups in total. The zero-order chi connectivity index (χ0) is 14.2. The second-order valence-corrected chi connectivity index (χ2v) is 5.69. The van der Waals surface area contributed by atoms with Crippen LogP contribution in [0.3, 0.4) is 0 Å². The molecule has 98 valence electrons. The fourth-order valence-corrected chi connectivity index (χ4v) is 2.73. The van der Waals surface area contributed by atoms with Gasteiger partial charge in [0.05, 0.1) is 0 Å². The molecule has 0 fully saturated rings. The summed E-state index contributed by atoms with van der Waals surface area (Å²) >= 11 is 3.36. The van der Waals surface area contributed by atoms with Crippen LogP contribution in [0.1, 0.15) is 32.6 Å². The first kappa shape index (κ1) is 13.8. The average Bonchev–Trinajstić information content (AvgIpc) is 2.31. The van der Waals surface area contributed by atoms with Gasteiger partial charge in [0.25, 0.3) is 0 Å². The van der Waals surface area contributed by atoms with E-state index in [0.29, 0.717) is 11.3 Å². The van der Waals surface area contributed by atoms with Gasteiger partial charge in [0.15, 0.2) is 5.78 Å². The van der Waals surface area contributed by atoms with Gasteiger partial charge in [-0.25, -0.2) is 0 Å². The molecule has 0 aliphatic heterocycles. The van der Waals surface area contributed by atoms with Gasteiger partial charge < -0.3 is 5.73 Å². The summed E-state index contributed by atoms with van der Waals surface area (Å²) in [5.74, 6) is 0.0377. The van der Waals surface area contributed by atoms with E-state index in [2.05, 4.69) is 15.9 Å². The third-order valence-corrected chi connectivity index (χ3v) is 3.85. The quantitative estimate of drug-likeness (QED) is 0.666. The summed E-state index contributed by atoms with van der Waals surface area (Å²) in [6.45, 7) is 5.98. The summed E-state index contributed by atoms with van der Waals surface area (Å²) in [6.07, 6.45) is 0. The van der Waals surface area contributed by atoms with Crippen molar-refractivity contribution in [2.75, 3.05) is 5.73 Å². The lowest BCUT2D eigenvalue weighted by atomic mass is 9.93. The van der Waals surface area contributed by atoms with E-state index >= 15 is 0 Å². The first-order chi connectivity index (χ1) is 8.90. The highest BCUT2D eigenvalue weighted by molar-refractivity contribution is 9.10. The molecule has 0 atom stereocenters. The van der Waals surface area contributed by atoms with Crippen LogP contribution in [0.25, 0.3) is 0 Å². The third-order valence-electron chi connectivity index (χ3n) is 3.17. The summed E-state index contributed by atoms with van der Waals surface area (Å²) in [6, 6.07) is 9.35. The van der Waals surface area contributed by atoms with E-state index in [9.17, 15) is 4.79 Å². The Bertz CT molecular complexity index is 639. The van der Waals surface area contributed by atoms with Crippen molar-refractivity contribution in [3.63, 3.8) is 0 Å². The number of hydrogen-bond acceptors (Lipinski definition) is 2. The number of ketones is 1. The number of rotatable bonds is 2. The van der Waals surface area contributed by atoms with Crippen molar-refractivity contribution in [3.8, 4) is 0 Å². The molecule has 0 aliphatic carbocycles. The number of anilines is 1. The maximum absolute atomic E-state index is 12.6. The lowest BCUT2D eigenvalue weighted by Crippen LogP contribution is -2.07. The molecule has 2 aromatic rings. The zero-order valence-electron chi connectivity index (χ0n) is 11.3. The van der Waals surface area contributed by atoms with Crippen LogP contribution in [-0.2, 0) is 0 Å². The largest absolute Gasteiger partial charge is 0.398 e. The monoisotopic (exact) mass is 317 g/mol. The molecular weight excluding hydrogens is 302 g/mol. The Morgan fingerprint density at radius 3 is 2.16 bits per heavy atom. The van der Waals surface area contributed by atoms with Gasteiger partial charge in [-0.2, -0.15) is 0 Å². The van der Waals surface area contributed by atoms with Crippen molar-refractivity contribution in [3.05, 3.63) is 62.6 Å². The van der Waals surface area contributed by atoms with Crippen LogP contribution in [0, 0.1) is 20.8 Å². The Morgan fingerprint density at radius 1 is 1.05 bits per heavy atom. The minimum absolute atomic E-state index is 0.0377. The Morgan fingerprint density at radius 2 is 1.63 bits per heavy atom. The molecule has 0 radical (unpaired) electrons. The molecule has 0 heterocycles. The van der Waals surface area contributed by atoms with Crippen molar-refractivity contribution < 1.29 is 4.79 Å². The van der Waals surface area contributed by atoms with Gasteiger partial charge in [-0.05, 0) is 66.0 Å². The highest BCUT2D eigenvalue weighted by Gasteiger charge is 2.15. The first-order valence-corrected chi connectivity index (χ1v) is 6.87. The van der Waals surface area contributed by atoms with E-state index in [4.69, 9.17) is 5.73 Å². The highest BCUT2D eigenvalue weighted by atomic mass is 79.9.